The zero-order chi connectivity index (χ0) is 29.7. The summed E-state index contributed by atoms with van der Waals surface area (Å²) >= 11 is 18.9. The van der Waals surface area contributed by atoms with Crippen molar-refractivity contribution in [3.05, 3.63) is 93.9 Å². The minimum absolute atomic E-state index is 0.478. The molecule has 222 valence electrons. The van der Waals surface area contributed by atoms with Gasteiger partial charge in [-0.15, -0.1) is 0 Å². The fourth-order valence-corrected chi connectivity index (χ4v) is 7.27. The standard InChI is InChI=1S/C34H33Cl3N4O2/c35-22-5-8-32-28(15-22)27-3-1-2-4-31(27)40(32)20-25(42)18-38-11-13-39(14-12-38)19-26(43)21-41-33-9-6-23(36)16-29(33)30-17-24(37)7-10-34(30)41/h1-10,15-17,25-26,42-43H,11-14,18-21H2/t25-,26+/m1/s1. The average Bonchev–Trinajstić information content (AvgIpc) is 3.45. The monoisotopic (exact) mass is 634 g/mol. The van der Waals surface area contributed by atoms with Crippen LogP contribution in [-0.2, 0) is 13.1 Å². The van der Waals surface area contributed by atoms with Crippen molar-refractivity contribution >= 4 is 78.4 Å². The summed E-state index contributed by atoms with van der Waals surface area (Å²) in [4.78, 5) is 4.63. The van der Waals surface area contributed by atoms with Crippen molar-refractivity contribution in [1.82, 2.24) is 18.9 Å². The van der Waals surface area contributed by atoms with Gasteiger partial charge in [0.1, 0.15) is 0 Å². The average molecular weight is 636 g/mol. The minimum atomic E-state index is -0.536. The Morgan fingerprint density at radius 2 is 0.860 bits per heavy atom. The molecule has 3 heterocycles. The van der Waals surface area contributed by atoms with Gasteiger partial charge in [-0.3, -0.25) is 9.80 Å². The largest absolute Gasteiger partial charge is 0.390 e. The second kappa shape index (κ2) is 11.9. The first-order valence-corrected chi connectivity index (χ1v) is 15.8. The molecule has 0 amide bonds. The number of hydrogen-bond acceptors (Lipinski definition) is 4. The maximum Gasteiger partial charge on any atom is 0.0845 e. The van der Waals surface area contributed by atoms with Crippen molar-refractivity contribution < 1.29 is 10.2 Å². The fraction of sp³-hybridized carbons (Fsp3) is 0.294. The van der Waals surface area contributed by atoms with E-state index in [4.69, 9.17) is 34.8 Å². The summed E-state index contributed by atoms with van der Waals surface area (Å²) in [6.07, 6.45) is -1.05. The van der Waals surface area contributed by atoms with Gasteiger partial charge in [0, 0.05) is 97.9 Å². The van der Waals surface area contributed by atoms with Crippen molar-refractivity contribution in [3.8, 4) is 0 Å². The molecule has 0 spiro atoms. The molecule has 43 heavy (non-hydrogen) atoms. The Bertz CT molecular complexity index is 1880. The SMILES string of the molecule is O[C@H](CN1CCN(C[C@H](O)Cn2c3ccc(Cl)cc3c3cc(Cl)ccc32)CC1)Cn1c2ccccc2c2cc(Cl)ccc21. The molecular weight excluding hydrogens is 603 g/mol. The van der Waals surface area contributed by atoms with Crippen LogP contribution in [0.5, 0.6) is 0 Å². The molecule has 9 heteroatoms. The van der Waals surface area contributed by atoms with Gasteiger partial charge in [0.05, 0.1) is 25.3 Å². The highest BCUT2D eigenvalue weighted by atomic mass is 35.5. The Labute approximate surface area is 265 Å². The third-order valence-corrected chi connectivity index (χ3v) is 9.42. The molecule has 2 N–H and O–H groups in total. The van der Waals surface area contributed by atoms with E-state index in [0.29, 0.717) is 41.2 Å². The van der Waals surface area contributed by atoms with Crippen molar-refractivity contribution in [3.63, 3.8) is 0 Å². The topological polar surface area (TPSA) is 56.8 Å². The molecule has 0 aliphatic carbocycles. The van der Waals surface area contributed by atoms with E-state index in [0.717, 1.165) is 69.8 Å². The van der Waals surface area contributed by atoms with Crippen LogP contribution in [0, 0.1) is 0 Å². The van der Waals surface area contributed by atoms with Crippen molar-refractivity contribution in [2.45, 2.75) is 25.3 Å². The van der Waals surface area contributed by atoms with E-state index in [1.165, 1.54) is 0 Å². The van der Waals surface area contributed by atoms with Crippen LogP contribution in [0.1, 0.15) is 0 Å². The zero-order valence-electron chi connectivity index (χ0n) is 23.6. The smallest absolute Gasteiger partial charge is 0.0845 e. The maximum atomic E-state index is 11.2. The number of β-amino-alcohol motifs (C(OH)–C–C–N with tert-alkyl or cyclic N) is 2. The first-order chi connectivity index (χ1) is 20.8. The number of hydrogen-bond donors (Lipinski definition) is 2. The molecule has 0 saturated carbocycles. The van der Waals surface area contributed by atoms with Gasteiger partial charge >= 0.3 is 0 Å². The van der Waals surface area contributed by atoms with Crippen LogP contribution in [0.3, 0.4) is 0 Å². The Morgan fingerprint density at radius 1 is 0.488 bits per heavy atom. The zero-order valence-corrected chi connectivity index (χ0v) is 25.9. The summed E-state index contributed by atoms with van der Waals surface area (Å²) in [6.45, 7) is 5.56. The molecule has 0 radical (unpaired) electrons. The summed E-state index contributed by atoms with van der Waals surface area (Å²) < 4.78 is 4.37. The van der Waals surface area contributed by atoms with Gasteiger partial charge in [0.15, 0.2) is 0 Å². The van der Waals surface area contributed by atoms with E-state index in [-0.39, 0.29) is 0 Å². The van der Waals surface area contributed by atoms with Gasteiger partial charge in [0.2, 0.25) is 0 Å². The van der Waals surface area contributed by atoms with Gasteiger partial charge in [-0.05, 0) is 60.7 Å². The number of aromatic nitrogens is 2. The summed E-state index contributed by atoms with van der Waals surface area (Å²) in [5.74, 6) is 0. The van der Waals surface area contributed by atoms with Crippen molar-refractivity contribution in [2.24, 2.45) is 0 Å². The van der Waals surface area contributed by atoms with Gasteiger partial charge in [-0.25, -0.2) is 0 Å². The molecule has 2 atom stereocenters. The van der Waals surface area contributed by atoms with Crippen molar-refractivity contribution in [1.29, 1.82) is 0 Å². The summed E-state index contributed by atoms with van der Waals surface area (Å²) in [5, 5.41) is 28.7. The third-order valence-electron chi connectivity index (χ3n) is 8.71. The van der Waals surface area contributed by atoms with Gasteiger partial charge < -0.3 is 19.3 Å². The lowest BCUT2D eigenvalue weighted by molar-refractivity contribution is 0.0415. The van der Waals surface area contributed by atoms with Crippen molar-refractivity contribution in [2.75, 3.05) is 39.3 Å². The molecule has 1 aliphatic rings. The van der Waals surface area contributed by atoms with Crippen LogP contribution >= 0.6 is 34.8 Å². The van der Waals surface area contributed by atoms with Crippen LogP contribution in [-0.4, -0.2) is 80.6 Å². The number of fused-ring (bicyclic) bond motifs is 6. The molecule has 4 aromatic carbocycles. The second-order valence-electron chi connectivity index (χ2n) is 11.6. The predicted molar refractivity (Wildman–Crippen MR) is 179 cm³/mol. The van der Waals surface area contributed by atoms with E-state index in [1.807, 2.05) is 66.7 Å². The fourth-order valence-electron chi connectivity index (χ4n) is 6.76. The Balaban J connectivity index is 0.978. The lowest BCUT2D eigenvalue weighted by atomic mass is 10.1. The summed E-state index contributed by atoms with van der Waals surface area (Å²) in [6, 6.07) is 25.9. The van der Waals surface area contributed by atoms with Crippen LogP contribution in [0.25, 0.3) is 43.6 Å². The molecular formula is C34H33Cl3N4O2. The number of halogens is 3. The Morgan fingerprint density at radius 3 is 1.30 bits per heavy atom. The van der Waals surface area contributed by atoms with Gasteiger partial charge in [-0.1, -0.05) is 53.0 Å². The highest BCUT2D eigenvalue weighted by Gasteiger charge is 2.23. The Kier molecular flexibility index (Phi) is 8.03. The van der Waals surface area contributed by atoms with Crippen LogP contribution in [0.2, 0.25) is 15.1 Å². The number of nitrogens with zero attached hydrogens (tertiary/aromatic N) is 4. The molecule has 0 unspecified atom stereocenters. The lowest BCUT2D eigenvalue weighted by Gasteiger charge is -2.36. The number of benzene rings is 4. The Hall–Kier alpha value is -2.81. The van der Waals surface area contributed by atoms with Gasteiger partial charge in [-0.2, -0.15) is 0 Å². The van der Waals surface area contributed by atoms with E-state index in [9.17, 15) is 10.2 Å². The van der Waals surface area contributed by atoms with Crippen LogP contribution in [0.15, 0.2) is 78.9 Å². The normalized spacial score (nSPS) is 16.6. The van der Waals surface area contributed by atoms with E-state index < -0.39 is 12.2 Å². The predicted octanol–water partition coefficient (Wildman–Crippen LogP) is 6.90. The first kappa shape index (κ1) is 28.9. The van der Waals surface area contributed by atoms with E-state index >= 15 is 0 Å². The van der Waals surface area contributed by atoms with Crippen LogP contribution in [0.4, 0.5) is 0 Å². The molecule has 0 bridgehead atoms. The lowest BCUT2D eigenvalue weighted by Crippen LogP contribution is -2.50. The minimum Gasteiger partial charge on any atom is -0.390 e. The molecule has 6 nitrogen and oxygen atoms in total. The maximum absolute atomic E-state index is 11.2. The second-order valence-corrected chi connectivity index (χ2v) is 12.9. The number of piperazine rings is 1. The number of aliphatic hydroxyl groups is 2. The van der Waals surface area contributed by atoms with Crippen LogP contribution < -0.4 is 0 Å². The molecule has 6 aromatic rings. The highest BCUT2D eigenvalue weighted by Crippen LogP contribution is 2.34. The number of para-hydroxylation sites is 1. The van der Waals surface area contributed by atoms with Gasteiger partial charge in [0.25, 0.3) is 0 Å². The molecule has 1 aliphatic heterocycles. The molecule has 1 saturated heterocycles. The summed E-state index contributed by atoms with van der Waals surface area (Å²) in [5.41, 5.74) is 4.25. The van der Waals surface area contributed by atoms with E-state index in [2.05, 4.69) is 31.1 Å². The summed E-state index contributed by atoms with van der Waals surface area (Å²) in [7, 11) is 0. The molecule has 1 fully saturated rings. The third kappa shape index (κ3) is 5.74. The highest BCUT2D eigenvalue weighted by molar-refractivity contribution is 6.33. The number of aliphatic hydroxyl groups excluding tert-OH is 2. The molecule has 7 rings (SSSR count). The molecule has 2 aromatic heterocycles. The quantitative estimate of drug-likeness (QED) is 0.191. The number of rotatable bonds is 8. The van der Waals surface area contributed by atoms with E-state index in [1.54, 1.807) is 0 Å². The first-order valence-electron chi connectivity index (χ1n) is 14.7.